The van der Waals surface area contributed by atoms with E-state index in [1.54, 1.807) is 0 Å². The first-order chi connectivity index (χ1) is 13.1. The van der Waals surface area contributed by atoms with E-state index < -0.39 is 44.0 Å². The zero-order chi connectivity index (χ0) is 20.6. The molecule has 0 aliphatic carbocycles. The van der Waals surface area contributed by atoms with E-state index in [1.165, 1.54) is 12.1 Å². The predicted molar refractivity (Wildman–Crippen MR) is 91.7 cm³/mol. The van der Waals surface area contributed by atoms with Gasteiger partial charge in [-0.1, -0.05) is 16.5 Å². The zero-order valence-corrected chi connectivity index (χ0v) is 14.9. The number of non-ortho nitro benzene ring substituents is 1. The number of nitro groups is 1. The van der Waals surface area contributed by atoms with Gasteiger partial charge < -0.3 is 10.2 Å². The van der Waals surface area contributed by atoms with Crippen molar-refractivity contribution < 1.29 is 32.7 Å². The summed E-state index contributed by atoms with van der Waals surface area (Å²) in [7, 11) is -4.51. The number of hydrazine groups is 1. The number of aliphatic hydroxyl groups excluding tert-OH is 1. The van der Waals surface area contributed by atoms with Gasteiger partial charge in [0.25, 0.3) is 15.7 Å². The molecule has 12 heteroatoms. The molecule has 1 fully saturated rings. The number of carboxylic acid groups (broad SMARTS) is 1. The minimum atomic E-state index is -4.51. The maximum absolute atomic E-state index is 13.2. The second kappa shape index (κ2) is 7.14. The molecule has 0 aromatic heterocycles. The van der Waals surface area contributed by atoms with Crippen molar-refractivity contribution in [3.8, 4) is 0 Å². The summed E-state index contributed by atoms with van der Waals surface area (Å²) < 4.78 is 39.9. The van der Waals surface area contributed by atoms with Gasteiger partial charge in [0.05, 0.1) is 15.9 Å². The molecule has 0 radical (unpaired) electrons. The average Bonchev–Trinajstić information content (AvgIpc) is 3.00. The highest BCUT2D eigenvalue weighted by Crippen LogP contribution is 2.40. The van der Waals surface area contributed by atoms with Crippen LogP contribution in [-0.4, -0.2) is 45.3 Å². The van der Waals surface area contributed by atoms with Crippen molar-refractivity contribution >= 4 is 21.8 Å². The summed E-state index contributed by atoms with van der Waals surface area (Å²) >= 11 is 0. The quantitative estimate of drug-likeness (QED) is 0.579. The number of amides is 1. The molecule has 0 saturated carbocycles. The molecule has 148 valence electrons. The molecule has 1 saturated heterocycles. The molecule has 10 nitrogen and oxygen atoms in total. The van der Waals surface area contributed by atoms with Gasteiger partial charge in [0.1, 0.15) is 5.82 Å². The Morgan fingerprint density at radius 3 is 2.21 bits per heavy atom. The molecule has 2 atom stereocenters. The Bertz CT molecular complexity index is 1010. The molecular weight excluding hydrogens is 397 g/mol. The standard InChI is InChI=1S/C16H14FN3O7S/c17-11-3-1-10(2-4-11)14-9-15(21)18(16(22)23)19(14)28(26,27)13-7-5-12(6-8-13)20(24)25/h1-8,14-15,21H,9H2,(H,22,23)/t14-,15?/m0/s1. The zero-order valence-electron chi connectivity index (χ0n) is 14.0. The van der Waals surface area contributed by atoms with Gasteiger partial charge in [-0.25, -0.2) is 17.6 Å². The first-order valence-electron chi connectivity index (χ1n) is 7.87. The van der Waals surface area contributed by atoms with Crippen molar-refractivity contribution in [3.63, 3.8) is 0 Å². The van der Waals surface area contributed by atoms with Crippen LogP contribution in [0.1, 0.15) is 18.0 Å². The molecule has 1 aliphatic heterocycles. The minimum absolute atomic E-state index is 0.269. The van der Waals surface area contributed by atoms with Crippen LogP contribution in [0.4, 0.5) is 14.9 Å². The Labute approximate surface area is 158 Å². The summed E-state index contributed by atoms with van der Waals surface area (Å²) in [6.45, 7) is 0. The smallest absolute Gasteiger partial charge is 0.425 e. The lowest BCUT2D eigenvalue weighted by Crippen LogP contribution is -2.48. The number of nitro benzene ring substituents is 1. The van der Waals surface area contributed by atoms with E-state index in [-0.39, 0.29) is 22.7 Å². The van der Waals surface area contributed by atoms with E-state index in [0.717, 1.165) is 36.4 Å². The largest absolute Gasteiger partial charge is 0.464 e. The van der Waals surface area contributed by atoms with E-state index in [2.05, 4.69) is 0 Å². The lowest BCUT2D eigenvalue weighted by molar-refractivity contribution is -0.384. The van der Waals surface area contributed by atoms with Crippen LogP contribution in [0.3, 0.4) is 0 Å². The van der Waals surface area contributed by atoms with E-state index in [9.17, 15) is 37.9 Å². The maximum Gasteiger partial charge on any atom is 0.425 e. The Morgan fingerprint density at radius 2 is 1.71 bits per heavy atom. The third-order valence-electron chi connectivity index (χ3n) is 4.24. The highest BCUT2D eigenvalue weighted by molar-refractivity contribution is 7.89. The van der Waals surface area contributed by atoms with Gasteiger partial charge in [-0.05, 0) is 29.8 Å². The molecule has 2 aromatic carbocycles. The summed E-state index contributed by atoms with van der Waals surface area (Å²) in [5, 5.41) is 30.6. The summed E-state index contributed by atoms with van der Waals surface area (Å²) in [6.07, 6.45) is -3.63. The summed E-state index contributed by atoms with van der Waals surface area (Å²) in [5.74, 6) is -0.567. The number of nitrogens with zero attached hydrogens (tertiary/aromatic N) is 3. The van der Waals surface area contributed by atoms with Gasteiger partial charge in [0, 0.05) is 18.6 Å². The number of benzene rings is 2. The monoisotopic (exact) mass is 411 g/mol. The van der Waals surface area contributed by atoms with Gasteiger partial charge in [-0.15, -0.1) is 0 Å². The molecule has 1 heterocycles. The maximum atomic E-state index is 13.2. The van der Waals surface area contributed by atoms with Crippen molar-refractivity contribution in [2.24, 2.45) is 0 Å². The molecule has 1 unspecified atom stereocenters. The van der Waals surface area contributed by atoms with Crippen LogP contribution in [0.15, 0.2) is 53.4 Å². The first kappa shape index (κ1) is 19.7. The van der Waals surface area contributed by atoms with Crippen molar-refractivity contribution in [1.82, 2.24) is 9.42 Å². The van der Waals surface area contributed by atoms with Crippen LogP contribution in [0, 0.1) is 15.9 Å². The minimum Gasteiger partial charge on any atom is -0.464 e. The number of rotatable bonds is 4. The molecule has 1 amide bonds. The van der Waals surface area contributed by atoms with Crippen LogP contribution in [0.2, 0.25) is 0 Å². The van der Waals surface area contributed by atoms with Crippen LogP contribution in [0.25, 0.3) is 0 Å². The molecule has 3 rings (SSSR count). The molecular formula is C16H14FN3O7S. The van der Waals surface area contributed by atoms with Crippen LogP contribution < -0.4 is 0 Å². The molecule has 0 bridgehead atoms. The third-order valence-corrected chi connectivity index (χ3v) is 6.03. The lowest BCUT2D eigenvalue weighted by atomic mass is 10.1. The lowest BCUT2D eigenvalue weighted by Gasteiger charge is -2.30. The van der Waals surface area contributed by atoms with Crippen LogP contribution in [-0.2, 0) is 10.0 Å². The summed E-state index contributed by atoms with van der Waals surface area (Å²) in [5.41, 5.74) is -0.0692. The first-order valence-corrected chi connectivity index (χ1v) is 9.31. The Hall–Kier alpha value is -3.09. The van der Waals surface area contributed by atoms with Crippen molar-refractivity contribution in [2.45, 2.75) is 23.6 Å². The summed E-state index contributed by atoms with van der Waals surface area (Å²) in [6, 6.07) is 7.51. The Morgan fingerprint density at radius 1 is 1.14 bits per heavy atom. The number of aliphatic hydroxyl groups is 1. The second-order valence-corrected chi connectivity index (χ2v) is 7.74. The van der Waals surface area contributed by atoms with E-state index in [0.29, 0.717) is 4.41 Å². The topological polar surface area (TPSA) is 141 Å². The highest BCUT2D eigenvalue weighted by Gasteiger charge is 2.49. The Balaban J connectivity index is 2.09. The normalized spacial score (nSPS) is 20.3. The highest BCUT2D eigenvalue weighted by atomic mass is 32.2. The molecule has 28 heavy (non-hydrogen) atoms. The number of hydrogen-bond donors (Lipinski definition) is 2. The third kappa shape index (κ3) is 3.40. The average molecular weight is 411 g/mol. The fourth-order valence-corrected chi connectivity index (χ4v) is 4.61. The van der Waals surface area contributed by atoms with Crippen molar-refractivity contribution in [3.05, 3.63) is 70.0 Å². The number of sulfonamides is 1. The Kier molecular flexibility index (Phi) is 5.02. The molecule has 2 N–H and O–H groups in total. The van der Waals surface area contributed by atoms with Crippen LogP contribution >= 0.6 is 0 Å². The van der Waals surface area contributed by atoms with E-state index in [1.807, 2.05) is 0 Å². The summed E-state index contributed by atoms with van der Waals surface area (Å²) in [4.78, 5) is 21.2. The predicted octanol–water partition coefficient (Wildman–Crippen LogP) is 2.08. The molecule has 1 aliphatic rings. The SMILES string of the molecule is O=C(O)N1C(O)C[C@@H](c2ccc(F)cc2)N1S(=O)(=O)c1ccc([N+](=O)[O-])cc1. The van der Waals surface area contributed by atoms with Gasteiger partial charge in [0.15, 0.2) is 6.23 Å². The molecule has 2 aromatic rings. The van der Waals surface area contributed by atoms with E-state index >= 15 is 0 Å². The fourth-order valence-electron chi connectivity index (χ4n) is 2.96. The number of carbonyl (C=O) groups is 1. The van der Waals surface area contributed by atoms with Gasteiger partial charge >= 0.3 is 6.09 Å². The van der Waals surface area contributed by atoms with Gasteiger partial charge in [-0.3, -0.25) is 10.1 Å². The number of halogens is 1. The van der Waals surface area contributed by atoms with E-state index in [4.69, 9.17) is 0 Å². The van der Waals surface area contributed by atoms with Crippen LogP contribution in [0.5, 0.6) is 0 Å². The fraction of sp³-hybridized carbons (Fsp3) is 0.188. The van der Waals surface area contributed by atoms with Gasteiger partial charge in [-0.2, -0.15) is 5.01 Å². The van der Waals surface area contributed by atoms with Crippen molar-refractivity contribution in [2.75, 3.05) is 0 Å². The molecule has 0 spiro atoms. The second-order valence-electron chi connectivity index (χ2n) is 5.94. The van der Waals surface area contributed by atoms with Crippen molar-refractivity contribution in [1.29, 1.82) is 0 Å². The number of hydrogen-bond acceptors (Lipinski definition) is 6. The van der Waals surface area contributed by atoms with Gasteiger partial charge in [0.2, 0.25) is 0 Å².